The van der Waals surface area contributed by atoms with Crippen LogP contribution in [0.2, 0.25) is 0 Å². The highest BCUT2D eigenvalue weighted by molar-refractivity contribution is 5.53. The van der Waals surface area contributed by atoms with Gasteiger partial charge >= 0.3 is 6.18 Å². The van der Waals surface area contributed by atoms with Gasteiger partial charge in [0.05, 0.1) is 19.3 Å². The second-order valence-corrected chi connectivity index (χ2v) is 6.04. The Morgan fingerprint density at radius 3 is 2.85 bits per heavy atom. The molecule has 6 nitrogen and oxygen atoms in total. The molecule has 2 unspecified atom stereocenters. The Morgan fingerprint density at radius 2 is 2.19 bits per heavy atom. The maximum absolute atomic E-state index is 13.2. The summed E-state index contributed by atoms with van der Waals surface area (Å²) >= 11 is 0. The monoisotopic (exact) mass is 368 g/mol. The zero-order valence-corrected chi connectivity index (χ0v) is 14.2. The number of nitrogens with one attached hydrogen (secondary N) is 1. The Morgan fingerprint density at radius 1 is 1.35 bits per heavy atom. The minimum absolute atomic E-state index is 0.0273. The van der Waals surface area contributed by atoms with Crippen LogP contribution in [0, 0.1) is 0 Å². The van der Waals surface area contributed by atoms with E-state index in [4.69, 9.17) is 9.47 Å². The van der Waals surface area contributed by atoms with E-state index in [0.29, 0.717) is 19.8 Å². The average molecular weight is 368 g/mol. The summed E-state index contributed by atoms with van der Waals surface area (Å²) in [5.41, 5.74) is -0.748. The van der Waals surface area contributed by atoms with E-state index in [2.05, 4.69) is 20.3 Å². The van der Waals surface area contributed by atoms with Crippen molar-refractivity contribution in [1.82, 2.24) is 15.0 Å². The Labute approximate surface area is 148 Å². The lowest BCUT2D eigenvalue weighted by atomic mass is 10.3. The van der Waals surface area contributed by atoms with Gasteiger partial charge < -0.3 is 14.8 Å². The van der Waals surface area contributed by atoms with Crippen molar-refractivity contribution >= 4 is 5.82 Å². The molecular formula is C17H19F3N4O2. The highest BCUT2D eigenvalue weighted by atomic mass is 19.4. The first-order valence-corrected chi connectivity index (χ1v) is 8.25. The summed E-state index contributed by atoms with van der Waals surface area (Å²) in [6.45, 7) is 3.35. The maximum Gasteiger partial charge on any atom is 0.433 e. The Bertz CT molecular complexity index is 722. The molecule has 0 saturated carbocycles. The fourth-order valence-electron chi connectivity index (χ4n) is 2.49. The Balaban J connectivity index is 1.76. The molecule has 1 N–H and O–H groups in total. The van der Waals surface area contributed by atoms with Gasteiger partial charge in [0, 0.05) is 24.9 Å². The fourth-order valence-corrected chi connectivity index (χ4v) is 2.49. The molecule has 0 radical (unpaired) electrons. The number of nitrogens with zero attached hydrogens (tertiary/aromatic N) is 3. The predicted molar refractivity (Wildman–Crippen MR) is 88.5 cm³/mol. The summed E-state index contributed by atoms with van der Waals surface area (Å²) in [7, 11) is 0. The largest absolute Gasteiger partial charge is 0.433 e. The van der Waals surface area contributed by atoms with Gasteiger partial charge in [0.2, 0.25) is 0 Å². The van der Waals surface area contributed by atoms with E-state index in [1.165, 1.54) is 6.20 Å². The highest BCUT2D eigenvalue weighted by Gasteiger charge is 2.34. The van der Waals surface area contributed by atoms with Crippen LogP contribution in [0.25, 0.3) is 11.5 Å². The molecule has 3 rings (SSSR count). The summed E-state index contributed by atoms with van der Waals surface area (Å²) < 4.78 is 50.4. The van der Waals surface area contributed by atoms with Gasteiger partial charge in [-0.2, -0.15) is 13.2 Å². The number of aromatic nitrogens is 3. The van der Waals surface area contributed by atoms with Crippen LogP contribution >= 0.6 is 0 Å². The van der Waals surface area contributed by atoms with Crippen molar-refractivity contribution in [3.63, 3.8) is 0 Å². The van der Waals surface area contributed by atoms with Crippen molar-refractivity contribution in [3.05, 3.63) is 36.2 Å². The normalized spacial score (nSPS) is 18.7. The van der Waals surface area contributed by atoms with Crippen molar-refractivity contribution in [1.29, 1.82) is 0 Å². The van der Waals surface area contributed by atoms with Crippen molar-refractivity contribution in [2.24, 2.45) is 0 Å². The molecule has 26 heavy (non-hydrogen) atoms. The minimum Gasteiger partial charge on any atom is -0.379 e. The minimum atomic E-state index is -4.58. The lowest BCUT2D eigenvalue weighted by Crippen LogP contribution is -2.26. The molecule has 140 valence electrons. The van der Waals surface area contributed by atoms with Crippen LogP contribution in [0.1, 0.15) is 19.0 Å². The van der Waals surface area contributed by atoms with Gasteiger partial charge in [-0.1, -0.05) is 6.07 Å². The first kappa shape index (κ1) is 18.5. The molecule has 9 heteroatoms. The van der Waals surface area contributed by atoms with Crippen molar-refractivity contribution in [2.75, 3.05) is 25.1 Å². The zero-order chi connectivity index (χ0) is 18.6. The molecule has 1 aliphatic rings. The van der Waals surface area contributed by atoms with E-state index >= 15 is 0 Å². The lowest BCUT2D eigenvalue weighted by molar-refractivity contribution is -0.141. The molecule has 2 aromatic heterocycles. The van der Waals surface area contributed by atoms with Crippen LogP contribution in [0.15, 0.2) is 30.5 Å². The van der Waals surface area contributed by atoms with Gasteiger partial charge in [0.15, 0.2) is 11.5 Å². The number of pyridine rings is 1. The number of hydrogen-bond acceptors (Lipinski definition) is 6. The van der Waals surface area contributed by atoms with Crippen LogP contribution in [-0.2, 0) is 15.7 Å². The van der Waals surface area contributed by atoms with Gasteiger partial charge in [0.1, 0.15) is 11.5 Å². The standard InChI is InChI=1S/C17H19F3N4O2/c1-11(9-26-12-5-7-25-10-12)22-15-8-14(17(18,19)20)23-16(24-15)13-4-2-3-6-21-13/h2-4,6,8,11-12H,5,7,9-10H2,1H3,(H,22,23,24). The molecule has 0 bridgehead atoms. The molecule has 1 saturated heterocycles. The van der Waals surface area contributed by atoms with E-state index in [1.54, 1.807) is 18.2 Å². The molecule has 0 aliphatic carbocycles. The van der Waals surface area contributed by atoms with Gasteiger partial charge in [-0.25, -0.2) is 9.97 Å². The van der Waals surface area contributed by atoms with E-state index < -0.39 is 11.9 Å². The van der Waals surface area contributed by atoms with Gasteiger partial charge in [-0.15, -0.1) is 0 Å². The second kappa shape index (κ2) is 7.96. The van der Waals surface area contributed by atoms with Crippen LogP contribution in [0.4, 0.5) is 19.0 Å². The molecule has 1 aliphatic heterocycles. The Hall–Kier alpha value is -2.26. The summed E-state index contributed by atoms with van der Waals surface area (Å²) in [5.74, 6) is -0.00742. The number of anilines is 1. The molecule has 1 fully saturated rings. The number of ether oxygens (including phenoxy) is 2. The van der Waals surface area contributed by atoms with Crippen molar-refractivity contribution in [3.8, 4) is 11.5 Å². The van der Waals surface area contributed by atoms with Gasteiger partial charge in [0.25, 0.3) is 0 Å². The maximum atomic E-state index is 13.2. The molecule has 0 amide bonds. The summed E-state index contributed by atoms with van der Waals surface area (Å²) in [6.07, 6.45) is -2.25. The third-order valence-electron chi connectivity index (χ3n) is 3.77. The van der Waals surface area contributed by atoms with Crippen molar-refractivity contribution < 1.29 is 22.6 Å². The number of alkyl halides is 3. The van der Waals surface area contributed by atoms with Crippen LogP contribution < -0.4 is 5.32 Å². The summed E-state index contributed by atoms with van der Waals surface area (Å²) in [4.78, 5) is 11.8. The number of hydrogen-bond donors (Lipinski definition) is 1. The molecule has 0 aromatic carbocycles. The molecule has 0 spiro atoms. The third-order valence-corrected chi connectivity index (χ3v) is 3.77. The molecule has 2 atom stereocenters. The molecular weight excluding hydrogens is 349 g/mol. The summed E-state index contributed by atoms with van der Waals surface area (Å²) in [6, 6.07) is 5.55. The fraction of sp³-hybridized carbons (Fsp3) is 0.471. The smallest absolute Gasteiger partial charge is 0.379 e. The molecule has 2 aromatic rings. The quantitative estimate of drug-likeness (QED) is 0.845. The number of rotatable bonds is 6. The van der Waals surface area contributed by atoms with Crippen molar-refractivity contribution in [2.45, 2.75) is 31.7 Å². The highest BCUT2D eigenvalue weighted by Crippen LogP contribution is 2.30. The van der Waals surface area contributed by atoms with E-state index in [0.717, 1.165) is 12.5 Å². The molecule has 3 heterocycles. The average Bonchev–Trinajstić information content (AvgIpc) is 3.13. The number of halogens is 3. The first-order valence-electron chi connectivity index (χ1n) is 8.25. The van der Waals surface area contributed by atoms with Crippen LogP contribution in [0.3, 0.4) is 0 Å². The van der Waals surface area contributed by atoms with E-state index in [1.807, 2.05) is 6.92 Å². The van der Waals surface area contributed by atoms with Gasteiger partial charge in [-0.05, 0) is 25.5 Å². The SMILES string of the molecule is CC(COC1CCOC1)Nc1cc(C(F)(F)F)nc(-c2ccccn2)n1. The zero-order valence-electron chi connectivity index (χ0n) is 14.2. The van der Waals surface area contributed by atoms with E-state index in [9.17, 15) is 13.2 Å². The predicted octanol–water partition coefficient (Wildman–Crippen LogP) is 3.16. The first-order chi connectivity index (χ1) is 12.4. The third kappa shape index (κ3) is 4.89. The van der Waals surface area contributed by atoms with Gasteiger partial charge in [-0.3, -0.25) is 4.98 Å². The summed E-state index contributed by atoms with van der Waals surface area (Å²) in [5, 5.41) is 2.94. The second-order valence-electron chi connectivity index (χ2n) is 6.04. The van der Waals surface area contributed by atoms with Crippen LogP contribution in [-0.4, -0.2) is 46.9 Å². The van der Waals surface area contributed by atoms with E-state index in [-0.39, 0.29) is 29.5 Å². The topological polar surface area (TPSA) is 69.2 Å². The Kier molecular flexibility index (Phi) is 5.67. The van der Waals surface area contributed by atoms with Crippen LogP contribution in [0.5, 0.6) is 0 Å². The lowest BCUT2D eigenvalue weighted by Gasteiger charge is -2.18.